The van der Waals surface area contributed by atoms with Gasteiger partial charge in [0.2, 0.25) is 27.6 Å². The Kier molecular flexibility index (Phi) is 15.3. The molecule has 0 aliphatic heterocycles. The number of amides is 3. The fraction of sp³-hybridized carbons (Fsp3) is 0.400. The van der Waals surface area contributed by atoms with Crippen molar-refractivity contribution in [3.63, 3.8) is 0 Å². The molecular weight excluding hydrogens is 618 g/mol. The van der Waals surface area contributed by atoms with E-state index in [0.717, 1.165) is 4.90 Å². The maximum atomic E-state index is 13.4. The molecule has 2 atom stereocenters. The summed E-state index contributed by atoms with van der Waals surface area (Å²) in [7, 11) is -2.69. The van der Waals surface area contributed by atoms with E-state index < -0.39 is 64.7 Å². The Morgan fingerprint density at radius 2 is 1.54 bits per heavy atom. The number of benzene rings is 2. The van der Waals surface area contributed by atoms with Crippen LogP contribution in [-0.4, -0.2) is 94.1 Å². The highest BCUT2D eigenvalue weighted by Crippen LogP contribution is 2.10. The van der Waals surface area contributed by atoms with Gasteiger partial charge in [-0.05, 0) is 30.9 Å². The number of ketones is 1. The molecule has 2 aromatic rings. The molecule has 0 aromatic heterocycles. The van der Waals surface area contributed by atoms with E-state index in [2.05, 4.69) is 20.3 Å². The molecule has 0 saturated carbocycles. The number of Topliss-reactive ketones (excluding diaryl/α,β-unsaturated/α-hetero) is 1. The number of ether oxygens (including phenoxy) is 1. The first kappa shape index (κ1) is 37.4. The van der Waals surface area contributed by atoms with Crippen molar-refractivity contribution in [3.05, 3.63) is 71.8 Å². The lowest BCUT2D eigenvalue weighted by Crippen LogP contribution is -2.53. The maximum Gasteiger partial charge on any atom is 0.325 e. The number of likely N-dealkylation sites (N-methyl/N-ethyl adjacent to an activating group) is 1. The van der Waals surface area contributed by atoms with Crippen LogP contribution in [0.3, 0.4) is 0 Å². The second kappa shape index (κ2) is 18.9. The van der Waals surface area contributed by atoms with Crippen molar-refractivity contribution >= 4 is 45.5 Å². The Hall–Kier alpha value is -4.83. The highest BCUT2D eigenvalue weighted by molar-refractivity contribution is 7.88. The summed E-state index contributed by atoms with van der Waals surface area (Å²) in [5, 5.41) is 4.67. The van der Waals surface area contributed by atoms with Gasteiger partial charge in [0.1, 0.15) is 18.6 Å². The first-order valence-electron chi connectivity index (χ1n) is 14.5. The van der Waals surface area contributed by atoms with E-state index in [-0.39, 0.29) is 44.1 Å². The zero-order valence-electron chi connectivity index (χ0n) is 25.8. The molecule has 0 aliphatic carbocycles. The Morgan fingerprint density at radius 1 is 0.935 bits per heavy atom. The van der Waals surface area contributed by atoms with Crippen LogP contribution in [-0.2, 0) is 50.9 Å². The lowest BCUT2D eigenvalue weighted by Gasteiger charge is -2.25. The molecule has 16 heteroatoms. The van der Waals surface area contributed by atoms with Crippen molar-refractivity contribution in [2.75, 3.05) is 33.3 Å². The smallest absolute Gasteiger partial charge is 0.325 e. The molecule has 15 nitrogen and oxygen atoms in total. The molecule has 3 amide bonds. The molecule has 0 radical (unpaired) electrons. The summed E-state index contributed by atoms with van der Waals surface area (Å²) in [6.07, 6.45) is 0.213. The topological polar surface area (TPSA) is 232 Å². The normalized spacial score (nSPS) is 12.2. The van der Waals surface area contributed by atoms with E-state index in [1.54, 1.807) is 67.6 Å². The predicted octanol–water partition coefficient (Wildman–Crippen LogP) is -1.04. The van der Waals surface area contributed by atoms with Gasteiger partial charge in [0.25, 0.3) is 5.91 Å². The number of aliphatic imine (C=N–C) groups is 1. The molecule has 0 bridgehead atoms. The lowest BCUT2D eigenvalue weighted by molar-refractivity contribution is -0.145. The third-order valence-corrected chi connectivity index (χ3v) is 7.74. The summed E-state index contributed by atoms with van der Waals surface area (Å²) in [4.78, 5) is 68.5. The summed E-state index contributed by atoms with van der Waals surface area (Å²) < 4.78 is 33.1. The van der Waals surface area contributed by atoms with Crippen molar-refractivity contribution in [1.82, 2.24) is 20.3 Å². The first-order valence-corrected chi connectivity index (χ1v) is 16.1. The van der Waals surface area contributed by atoms with Gasteiger partial charge in [-0.1, -0.05) is 60.7 Å². The number of carbonyl (C=O) groups excluding carboxylic acids is 5. The number of esters is 1. The second-order valence-corrected chi connectivity index (χ2v) is 12.0. The van der Waals surface area contributed by atoms with Gasteiger partial charge in [-0.3, -0.25) is 29.0 Å². The van der Waals surface area contributed by atoms with Gasteiger partial charge in [-0.25, -0.2) is 13.1 Å². The van der Waals surface area contributed by atoms with Crippen molar-refractivity contribution < 1.29 is 37.1 Å². The van der Waals surface area contributed by atoms with Crippen LogP contribution in [0.15, 0.2) is 65.7 Å². The van der Waals surface area contributed by atoms with Crippen LogP contribution < -0.4 is 26.8 Å². The first-order chi connectivity index (χ1) is 21.8. The van der Waals surface area contributed by atoms with Crippen LogP contribution in [0, 0.1) is 0 Å². The number of nitrogens with zero attached hydrogens (tertiary/aromatic N) is 2. The molecule has 2 aromatic carbocycles. The van der Waals surface area contributed by atoms with Gasteiger partial charge in [-0.2, -0.15) is 0 Å². The van der Waals surface area contributed by atoms with Crippen LogP contribution in [0.4, 0.5) is 0 Å². The number of guanidine groups is 1. The number of nitrogens with one attached hydrogen (secondary N) is 3. The molecule has 2 rings (SSSR count). The molecule has 250 valence electrons. The Morgan fingerprint density at radius 3 is 2.13 bits per heavy atom. The highest BCUT2D eigenvalue weighted by Gasteiger charge is 2.31. The predicted molar refractivity (Wildman–Crippen MR) is 170 cm³/mol. The minimum Gasteiger partial charge on any atom is -0.465 e. The summed E-state index contributed by atoms with van der Waals surface area (Å²) in [6.45, 7) is 0.719. The quantitative estimate of drug-likeness (QED) is 0.0404. The second-order valence-electron chi connectivity index (χ2n) is 10.2. The van der Waals surface area contributed by atoms with Crippen LogP contribution in [0.1, 0.15) is 30.9 Å². The molecular formula is C30H41N7O8S. The highest BCUT2D eigenvalue weighted by atomic mass is 32.2. The van der Waals surface area contributed by atoms with Crippen molar-refractivity contribution in [3.8, 4) is 0 Å². The molecule has 0 saturated heterocycles. The zero-order chi connectivity index (χ0) is 34.1. The largest absolute Gasteiger partial charge is 0.465 e. The number of nitrogens with two attached hydrogens (primary N) is 2. The van der Waals surface area contributed by atoms with Crippen LogP contribution >= 0.6 is 0 Å². The Balaban J connectivity index is 2.15. The molecule has 0 aliphatic rings. The summed E-state index contributed by atoms with van der Waals surface area (Å²) in [5.41, 5.74) is 11.9. The Bertz CT molecular complexity index is 1470. The minimum atomic E-state index is -3.99. The average Bonchev–Trinajstić information content (AvgIpc) is 3.01. The number of carbonyl (C=O) groups is 5. The van der Waals surface area contributed by atoms with E-state index in [9.17, 15) is 32.4 Å². The molecule has 0 spiro atoms. The van der Waals surface area contributed by atoms with E-state index >= 15 is 0 Å². The van der Waals surface area contributed by atoms with Gasteiger partial charge in [0.15, 0.2) is 5.96 Å². The Labute approximate surface area is 268 Å². The number of hydrogen-bond donors (Lipinski definition) is 5. The lowest BCUT2D eigenvalue weighted by atomic mass is 10.0. The average molecular weight is 660 g/mol. The molecule has 7 N–H and O–H groups in total. The van der Waals surface area contributed by atoms with E-state index in [1.165, 1.54) is 7.05 Å². The van der Waals surface area contributed by atoms with Gasteiger partial charge in [-0.15, -0.1) is 0 Å². The molecule has 0 heterocycles. The molecule has 0 unspecified atom stereocenters. The number of sulfonamides is 1. The van der Waals surface area contributed by atoms with Crippen molar-refractivity contribution in [2.45, 2.75) is 44.0 Å². The monoisotopic (exact) mass is 659 g/mol. The van der Waals surface area contributed by atoms with Crippen molar-refractivity contribution in [2.24, 2.45) is 16.5 Å². The minimum absolute atomic E-state index is 0.0192. The van der Waals surface area contributed by atoms with Crippen LogP contribution in [0.25, 0.3) is 0 Å². The van der Waals surface area contributed by atoms with E-state index in [1.807, 2.05) is 0 Å². The molecule has 46 heavy (non-hydrogen) atoms. The SMILES string of the molecule is CCOC(=O)CNC(=O)C(=O)[C@H](Cc1ccccc1)NC(=O)CN(C)C(=O)[C@@H](CCCN=C(N)N)NS(=O)(=O)Cc1ccccc1. The van der Waals surface area contributed by atoms with Gasteiger partial charge >= 0.3 is 5.97 Å². The summed E-state index contributed by atoms with van der Waals surface area (Å²) >= 11 is 0. The maximum absolute atomic E-state index is 13.4. The van der Waals surface area contributed by atoms with Crippen molar-refractivity contribution in [1.29, 1.82) is 0 Å². The fourth-order valence-electron chi connectivity index (χ4n) is 4.26. The molecule has 0 fully saturated rings. The fourth-order valence-corrected chi connectivity index (χ4v) is 5.62. The van der Waals surface area contributed by atoms with Gasteiger partial charge in [0, 0.05) is 20.0 Å². The third-order valence-electron chi connectivity index (χ3n) is 6.38. The summed E-state index contributed by atoms with van der Waals surface area (Å²) in [5.74, 6) is -4.88. The van der Waals surface area contributed by atoms with Crippen LogP contribution in [0.5, 0.6) is 0 Å². The summed E-state index contributed by atoms with van der Waals surface area (Å²) in [6, 6.07) is 14.4. The third kappa shape index (κ3) is 13.9. The standard InChI is InChI=1S/C30H41N7O8S/c1-3-45-26(39)18-34-28(41)27(40)24(17-21-11-6-4-7-12-21)35-25(38)19-37(2)29(42)23(15-10-16-33-30(31)32)36-46(43,44)20-22-13-8-5-9-14-22/h4-9,11-14,23-24,36H,3,10,15-20H2,1-2H3,(H,34,41)(H,35,38)(H4,31,32,33)/t23-,24+/m1/s1. The van der Waals surface area contributed by atoms with Gasteiger partial charge in [0.05, 0.1) is 18.9 Å². The van der Waals surface area contributed by atoms with E-state index in [0.29, 0.717) is 11.1 Å². The zero-order valence-corrected chi connectivity index (χ0v) is 26.6. The van der Waals surface area contributed by atoms with Crippen LogP contribution in [0.2, 0.25) is 0 Å². The van der Waals surface area contributed by atoms with Gasteiger partial charge < -0.3 is 31.7 Å². The van der Waals surface area contributed by atoms with E-state index in [4.69, 9.17) is 16.2 Å². The number of rotatable bonds is 19. The number of hydrogen-bond acceptors (Lipinski definition) is 9.